The van der Waals surface area contributed by atoms with Crippen LogP contribution in [0, 0.1) is 13.8 Å². The average molecular weight is 276 g/mol. The van der Waals surface area contributed by atoms with Crippen molar-refractivity contribution in [1.29, 1.82) is 0 Å². The summed E-state index contributed by atoms with van der Waals surface area (Å²) in [5.41, 5.74) is 10.2. The van der Waals surface area contributed by atoms with Crippen molar-refractivity contribution in [2.75, 3.05) is 0 Å². The molecule has 3 heteroatoms. The Kier molecular flexibility index (Phi) is 4.46. The summed E-state index contributed by atoms with van der Waals surface area (Å²) in [6.45, 7) is 5.07. The fourth-order valence-electron chi connectivity index (χ4n) is 1.98. The fourth-order valence-corrected chi connectivity index (χ4v) is 2.23. The van der Waals surface area contributed by atoms with E-state index in [4.69, 9.17) is 22.1 Å². The van der Waals surface area contributed by atoms with Crippen LogP contribution in [0.25, 0.3) is 0 Å². The molecule has 0 fully saturated rings. The summed E-state index contributed by atoms with van der Waals surface area (Å²) >= 11 is 6.16. The van der Waals surface area contributed by atoms with E-state index in [-0.39, 0.29) is 0 Å². The van der Waals surface area contributed by atoms with Crippen LogP contribution >= 0.6 is 11.6 Å². The van der Waals surface area contributed by atoms with Crippen LogP contribution in [0.5, 0.6) is 5.75 Å². The molecule has 2 aromatic carbocycles. The molecule has 2 nitrogen and oxygen atoms in total. The largest absolute Gasteiger partial charge is 0.487 e. The lowest BCUT2D eigenvalue weighted by Crippen LogP contribution is -2.04. The molecule has 19 heavy (non-hydrogen) atoms. The summed E-state index contributed by atoms with van der Waals surface area (Å²) in [5.74, 6) is 0.688. The highest BCUT2D eigenvalue weighted by Crippen LogP contribution is 2.29. The molecule has 2 aromatic rings. The van der Waals surface area contributed by atoms with E-state index < -0.39 is 0 Å². The van der Waals surface area contributed by atoms with E-state index in [1.807, 2.05) is 18.2 Å². The number of benzene rings is 2. The van der Waals surface area contributed by atoms with Gasteiger partial charge < -0.3 is 10.5 Å². The molecule has 0 unspecified atom stereocenters. The first kappa shape index (κ1) is 13.9. The van der Waals surface area contributed by atoms with Crippen LogP contribution in [0.2, 0.25) is 5.02 Å². The Bertz CT molecular complexity index is 581. The Labute approximate surface area is 119 Å². The smallest absolute Gasteiger partial charge is 0.142 e. The average Bonchev–Trinajstić information content (AvgIpc) is 2.40. The molecule has 0 atom stereocenters. The summed E-state index contributed by atoms with van der Waals surface area (Å²) in [6, 6.07) is 12.0. The molecule has 0 aromatic heterocycles. The highest BCUT2D eigenvalue weighted by molar-refractivity contribution is 6.32. The van der Waals surface area contributed by atoms with E-state index in [0.717, 1.165) is 5.56 Å². The van der Waals surface area contributed by atoms with Crippen LogP contribution < -0.4 is 10.5 Å². The maximum Gasteiger partial charge on any atom is 0.142 e. The van der Waals surface area contributed by atoms with E-state index in [2.05, 4.69) is 32.0 Å². The van der Waals surface area contributed by atoms with Crippen LogP contribution in [0.4, 0.5) is 0 Å². The normalized spacial score (nSPS) is 10.5. The number of aryl methyl sites for hydroxylation is 2. The number of hydrogen-bond donors (Lipinski definition) is 1. The molecule has 0 amide bonds. The zero-order valence-electron chi connectivity index (χ0n) is 11.2. The third-order valence-corrected chi connectivity index (χ3v) is 3.44. The number of rotatable bonds is 4. The second-order valence-electron chi connectivity index (χ2n) is 4.65. The summed E-state index contributed by atoms with van der Waals surface area (Å²) in [6.07, 6.45) is 0. The van der Waals surface area contributed by atoms with Crippen molar-refractivity contribution < 1.29 is 4.74 Å². The minimum Gasteiger partial charge on any atom is -0.487 e. The molecule has 0 saturated carbocycles. The summed E-state index contributed by atoms with van der Waals surface area (Å²) in [5, 5.41) is 0.605. The molecule has 2 rings (SSSR count). The fraction of sp³-hybridized carbons (Fsp3) is 0.250. The van der Waals surface area contributed by atoms with Gasteiger partial charge in [0.2, 0.25) is 0 Å². The SMILES string of the molecule is Cc1ccc(C)c(COc2c(Cl)cccc2CN)c1. The van der Waals surface area contributed by atoms with E-state index in [9.17, 15) is 0 Å². The van der Waals surface area contributed by atoms with Crippen molar-refractivity contribution in [3.63, 3.8) is 0 Å². The van der Waals surface area contributed by atoms with Crippen LogP contribution in [-0.4, -0.2) is 0 Å². The van der Waals surface area contributed by atoms with Gasteiger partial charge in [0.25, 0.3) is 0 Å². The van der Waals surface area contributed by atoms with Crippen LogP contribution in [-0.2, 0) is 13.2 Å². The molecular formula is C16H18ClNO. The van der Waals surface area contributed by atoms with Gasteiger partial charge in [-0.25, -0.2) is 0 Å². The van der Waals surface area contributed by atoms with Crippen LogP contribution in [0.3, 0.4) is 0 Å². The molecule has 0 aliphatic rings. The first-order valence-electron chi connectivity index (χ1n) is 6.28. The van der Waals surface area contributed by atoms with Gasteiger partial charge in [-0.05, 0) is 31.0 Å². The Morgan fingerprint density at radius 2 is 1.89 bits per heavy atom. The van der Waals surface area contributed by atoms with Gasteiger partial charge in [-0.2, -0.15) is 0 Å². The molecule has 0 radical (unpaired) electrons. The lowest BCUT2D eigenvalue weighted by atomic mass is 10.1. The molecule has 0 saturated heterocycles. The number of hydrogen-bond acceptors (Lipinski definition) is 2. The lowest BCUT2D eigenvalue weighted by molar-refractivity contribution is 0.302. The molecule has 2 N–H and O–H groups in total. The standard InChI is InChI=1S/C16H18ClNO/c1-11-6-7-12(2)14(8-11)10-19-16-13(9-18)4-3-5-15(16)17/h3-8H,9-10,18H2,1-2H3. The van der Waals surface area contributed by atoms with Gasteiger partial charge in [-0.15, -0.1) is 0 Å². The van der Waals surface area contributed by atoms with Gasteiger partial charge in [-0.3, -0.25) is 0 Å². The predicted octanol–water partition coefficient (Wildman–Crippen LogP) is 3.99. The number of para-hydroxylation sites is 1. The maximum atomic E-state index is 6.16. The van der Waals surface area contributed by atoms with Gasteiger partial charge in [0.05, 0.1) is 5.02 Å². The quantitative estimate of drug-likeness (QED) is 0.915. The summed E-state index contributed by atoms with van der Waals surface area (Å²) in [4.78, 5) is 0. The van der Waals surface area contributed by atoms with Crippen molar-refractivity contribution in [3.8, 4) is 5.75 Å². The topological polar surface area (TPSA) is 35.2 Å². The summed E-state index contributed by atoms with van der Waals surface area (Å²) in [7, 11) is 0. The van der Waals surface area contributed by atoms with Crippen molar-refractivity contribution in [3.05, 3.63) is 63.7 Å². The molecule has 0 bridgehead atoms. The molecule has 0 aliphatic heterocycles. The highest BCUT2D eigenvalue weighted by atomic mass is 35.5. The molecule has 100 valence electrons. The zero-order valence-corrected chi connectivity index (χ0v) is 12.0. The molecular weight excluding hydrogens is 258 g/mol. The van der Waals surface area contributed by atoms with Gasteiger partial charge >= 0.3 is 0 Å². The predicted molar refractivity (Wildman–Crippen MR) is 79.6 cm³/mol. The Balaban J connectivity index is 2.21. The monoisotopic (exact) mass is 275 g/mol. The van der Waals surface area contributed by atoms with Crippen molar-refractivity contribution in [2.24, 2.45) is 5.73 Å². The van der Waals surface area contributed by atoms with Gasteiger partial charge in [0.15, 0.2) is 0 Å². The van der Waals surface area contributed by atoms with E-state index in [1.54, 1.807) is 0 Å². The lowest BCUT2D eigenvalue weighted by Gasteiger charge is -2.13. The third kappa shape index (κ3) is 3.28. The van der Waals surface area contributed by atoms with Crippen molar-refractivity contribution in [2.45, 2.75) is 27.0 Å². The second kappa shape index (κ2) is 6.09. The Morgan fingerprint density at radius 3 is 2.63 bits per heavy atom. The van der Waals surface area contributed by atoms with Gasteiger partial charge in [0, 0.05) is 12.1 Å². The van der Waals surface area contributed by atoms with Crippen molar-refractivity contribution >= 4 is 11.6 Å². The van der Waals surface area contributed by atoms with E-state index in [1.165, 1.54) is 16.7 Å². The second-order valence-corrected chi connectivity index (χ2v) is 5.06. The maximum absolute atomic E-state index is 6.16. The molecule has 0 aliphatic carbocycles. The summed E-state index contributed by atoms with van der Waals surface area (Å²) < 4.78 is 5.87. The van der Waals surface area contributed by atoms with E-state index in [0.29, 0.717) is 23.9 Å². The number of ether oxygens (including phenoxy) is 1. The van der Waals surface area contributed by atoms with Gasteiger partial charge in [-0.1, -0.05) is 47.5 Å². The zero-order chi connectivity index (χ0) is 13.8. The highest BCUT2D eigenvalue weighted by Gasteiger charge is 2.08. The van der Waals surface area contributed by atoms with Gasteiger partial charge in [0.1, 0.15) is 12.4 Å². The van der Waals surface area contributed by atoms with Crippen LogP contribution in [0.15, 0.2) is 36.4 Å². The number of halogens is 1. The van der Waals surface area contributed by atoms with Crippen LogP contribution in [0.1, 0.15) is 22.3 Å². The van der Waals surface area contributed by atoms with E-state index >= 15 is 0 Å². The minimum absolute atomic E-state index is 0.419. The molecule has 0 spiro atoms. The third-order valence-electron chi connectivity index (χ3n) is 3.15. The number of nitrogens with two attached hydrogens (primary N) is 1. The minimum atomic E-state index is 0.419. The van der Waals surface area contributed by atoms with Crippen molar-refractivity contribution in [1.82, 2.24) is 0 Å². The first-order valence-corrected chi connectivity index (χ1v) is 6.66. The Hall–Kier alpha value is -1.51. The first-order chi connectivity index (χ1) is 9.11. The molecule has 0 heterocycles. The Morgan fingerprint density at radius 1 is 1.11 bits per heavy atom.